The van der Waals surface area contributed by atoms with Gasteiger partial charge in [0.2, 0.25) is 5.91 Å². The Morgan fingerprint density at radius 2 is 2.00 bits per heavy atom. The predicted molar refractivity (Wildman–Crippen MR) is 114 cm³/mol. The third-order valence-corrected chi connectivity index (χ3v) is 6.76. The van der Waals surface area contributed by atoms with Crippen molar-refractivity contribution in [3.8, 4) is 0 Å². The molecule has 1 aliphatic rings. The number of nitrogens with zero attached hydrogens (tertiary/aromatic N) is 1. The Labute approximate surface area is 173 Å². The topological polar surface area (TPSA) is 83.1 Å². The van der Waals surface area contributed by atoms with Crippen LogP contribution in [0, 0.1) is 19.8 Å². The maximum Gasteiger partial charge on any atom is 0.315 e. The second-order valence-corrected chi connectivity index (χ2v) is 9.27. The molecule has 0 atom stereocenters. The van der Waals surface area contributed by atoms with E-state index in [4.69, 9.17) is 0 Å². The Kier molecular flexibility index (Phi) is 7.33. The second-order valence-electron chi connectivity index (χ2n) is 7.10. The summed E-state index contributed by atoms with van der Waals surface area (Å²) in [5, 5.41) is 10.4. The third-order valence-electron chi connectivity index (χ3n) is 4.71. The lowest BCUT2D eigenvalue weighted by Gasteiger charge is -2.12. The van der Waals surface area contributed by atoms with E-state index < -0.39 is 0 Å². The van der Waals surface area contributed by atoms with Crippen LogP contribution in [0.5, 0.6) is 0 Å². The van der Waals surface area contributed by atoms with Gasteiger partial charge in [-0.2, -0.15) is 0 Å². The lowest BCUT2D eigenvalue weighted by Crippen LogP contribution is -2.41. The molecule has 6 nitrogen and oxygen atoms in total. The molecule has 1 aliphatic carbocycles. The highest BCUT2D eigenvalue weighted by atomic mass is 32.2. The molecule has 2 aromatic rings. The molecule has 3 N–H and O–H groups in total. The number of aromatic nitrogens is 1. The Bertz CT molecular complexity index is 831. The predicted octanol–water partition coefficient (Wildman–Crippen LogP) is 4.34. The van der Waals surface area contributed by atoms with Crippen molar-refractivity contribution in [3.63, 3.8) is 0 Å². The smallest absolute Gasteiger partial charge is 0.315 e. The molecular formula is C20H26N4O2S2. The summed E-state index contributed by atoms with van der Waals surface area (Å²) in [7, 11) is 0. The average molecular weight is 419 g/mol. The number of anilines is 1. The van der Waals surface area contributed by atoms with Gasteiger partial charge in [-0.05, 0) is 56.4 Å². The summed E-state index contributed by atoms with van der Waals surface area (Å²) in [4.78, 5) is 29.5. The first-order chi connectivity index (χ1) is 13.5. The van der Waals surface area contributed by atoms with Gasteiger partial charge in [0.15, 0.2) is 4.34 Å². The molecule has 8 heteroatoms. The molecule has 1 heterocycles. The summed E-state index contributed by atoms with van der Waals surface area (Å²) < 4.78 is 1.00. The molecule has 0 unspecified atom stereocenters. The minimum absolute atomic E-state index is 0.0508. The minimum atomic E-state index is -0.288. The second kappa shape index (κ2) is 9.93. The molecule has 28 heavy (non-hydrogen) atoms. The Balaban J connectivity index is 1.43. The first kappa shape index (κ1) is 20.7. The lowest BCUT2D eigenvalue weighted by molar-refractivity contribution is -0.115. The van der Waals surface area contributed by atoms with E-state index >= 15 is 0 Å². The maximum atomic E-state index is 12.1. The Morgan fingerprint density at radius 3 is 2.68 bits per heavy atom. The number of hydrogen-bond acceptors (Lipinski definition) is 5. The van der Waals surface area contributed by atoms with Gasteiger partial charge in [-0.3, -0.25) is 4.79 Å². The fourth-order valence-electron chi connectivity index (χ4n) is 3.19. The standard InChI is InChI=1S/C20H26N4O2S2/c1-13-9-16(28-20-23-14(2)12-27-20)7-8-17(13)24-18(25)11-22-19(26)21-10-15-5-3-4-6-15/h7-9,12,15H,3-6,10-11H2,1-2H3,(H,24,25)(H2,21,22,26). The summed E-state index contributed by atoms with van der Waals surface area (Å²) in [6, 6.07) is 5.59. The van der Waals surface area contributed by atoms with Crippen LogP contribution in [0.25, 0.3) is 0 Å². The van der Waals surface area contributed by atoms with Gasteiger partial charge in [-0.15, -0.1) is 11.3 Å². The number of carbonyl (C=O) groups excluding carboxylic acids is 2. The van der Waals surface area contributed by atoms with Crippen molar-refractivity contribution < 1.29 is 9.59 Å². The maximum absolute atomic E-state index is 12.1. The molecule has 3 rings (SSSR count). The number of urea groups is 1. The van der Waals surface area contributed by atoms with Crippen molar-refractivity contribution in [3.05, 3.63) is 34.8 Å². The van der Waals surface area contributed by atoms with E-state index in [1.54, 1.807) is 23.1 Å². The van der Waals surface area contributed by atoms with Crippen LogP contribution in [0.3, 0.4) is 0 Å². The number of nitrogens with one attached hydrogen (secondary N) is 3. The molecule has 0 bridgehead atoms. The number of carbonyl (C=O) groups is 2. The monoisotopic (exact) mass is 418 g/mol. The van der Waals surface area contributed by atoms with Crippen molar-refractivity contribution in [2.24, 2.45) is 5.92 Å². The molecule has 1 aromatic carbocycles. The average Bonchev–Trinajstić information content (AvgIpc) is 3.32. The van der Waals surface area contributed by atoms with Gasteiger partial charge in [-0.25, -0.2) is 9.78 Å². The summed E-state index contributed by atoms with van der Waals surface area (Å²) >= 11 is 3.23. The van der Waals surface area contributed by atoms with Crippen molar-refractivity contribution in [2.75, 3.05) is 18.4 Å². The summed E-state index contributed by atoms with van der Waals surface area (Å²) in [5.74, 6) is 0.335. The molecule has 0 radical (unpaired) electrons. The molecule has 150 valence electrons. The van der Waals surface area contributed by atoms with Gasteiger partial charge in [0.05, 0.1) is 6.54 Å². The molecule has 1 fully saturated rings. The zero-order valence-electron chi connectivity index (χ0n) is 16.2. The minimum Gasteiger partial charge on any atom is -0.338 e. The number of aryl methyl sites for hydroxylation is 2. The van der Waals surface area contributed by atoms with Crippen LogP contribution >= 0.6 is 23.1 Å². The third kappa shape index (κ3) is 6.24. The van der Waals surface area contributed by atoms with Crippen LogP contribution in [0.1, 0.15) is 36.9 Å². The highest BCUT2D eigenvalue weighted by Gasteiger charge is 2.16. The van der Waals surface area contributed by atoms with E-state index in [0.717, 1.165) is 26.2 Å². The zero-order chi connectivity index (χ0) is 19.9. The summed E-state index contributed by atoms with van der Waals surface area (Å²) in [6.45, 7) is 4.57. The van der Waals surface area contributed by atoms with E-state index in [0.29, 0.717) is 12.5 Å². The molecule has 0 saturated heterocycles. The van der Waals surface area contributed by atoms with E-state index in [1.807, 2.05) is 37.4 Å². The molecule has 1 aromatic heterocycles. The fraction of sp³-hybridized carbons (Fsp3) is 0.450. The van der Waals surface area contributed by atoms with Crippen molar-refractivity contribution in [2.45, 2.75) is 48.8 Å². The first-order valence-electron chi connectivity index (χ1n) is 9.52. The number of amides is 3. The van der Waals surface area contributed by atoms with E-state index in [2.05, 4.69) is 20.9 Å². The van der Waals surface area contributed by atoms with Gasteiger partial charge in [0.25, 0.3) is 0 Å². The van der Waals surface area contributed by atoms with Gasteiger partial charge >= 0.3 is 6.03 Å². The largest absolute Gasteiger partial charge is 0.338 e. The quantitative estimate of drug-likeness (QED) is 0.625. The number of rotatable bonds is 7. The van der Waals surface area contributed by atoms with Crippen LogP contribution < -0.4 is 16.0 Å². The van der Waals surface area contributed by atoms with Crippen molar-refractivity contribution in [1.82, 2.24) is 15.6 Å². The molecule has 0 aliphatic heterocycles. The van der Waals surface area contributed by atoms with Crippen LogP contribution in [0.4, 0.5) is 10.5 Å². The van der Waals surface area contributed by atoms with Gasteiger partial charge in [0, 0.05) is 28.2 Å². The number of thiazole rings is 1. The van der Waals surface area contributed by atoms with Crippen LogP contribution in [0.2, 0.25) is 0 Å². The zero-order valence-corrected chi connectivity index (χ0v) is 17.8. The van der Waals surface area contributed by atoms with E-state index in [1.165, 1.54) is 25.7 Å². The normalized spacial score (nSPS) is 14.1. The highest BCUT2D eigenvalue weighted by molar-refractivity contribution is 8.01. The van der Waals surface area contributed by atoms with E-state index in [-0.39, 0.29) is 18.5 Å². The van der Waals surface area contributed by atoms with E-state index in [9.17, 15) is 9.59 Å². The number of hydrogen-bond donors (Lipinski definition) is 3. The van der Waals surface area contributed by atoms with Crippen molar-refractivity contribution >= 4 is 40.7 Å². The lowest BCUT2D eigenvalue weighted by atomic mass is 10.1. The van der Waals surface area contributed by atoms with Crippen LogP contribution in [-0.2, 0) is 4.79 Å². The Morgan fingerprint density at radius 1 is 1.21 bits per heavy atom. The van der Waals surface area contributed by atoms with Crippen molar-refractivity contribution in [1.29, 1.82) is 0 Å². The molecule has 0 spiro atoms. The van der Waals surface area contributed by atoms with Gasteiger partial charge < -0.3 is 16.0 Å². The molecular weight excluding hydrogens is 392 g/mol. The van der Waals surface area contributed by atoms with Gasteiger partial charge in [-0.1, -0.05) is 24.6 Å². The molecule has 1 saturated carbocycles. The van der Waals surface area contributed by atoms with Crippen LogP contribution in [0.15, 0.2) is 32.8 Å². The Hall–Kier alpha value is -2.06. The summed E-state index contributed by atoms with van der Waals surface area (Å²) in [6.07, 6.45) is 4.85. The SMILES string of the molecule is Cc1csc(Sc2ccc(NC(=O)CNC(=O)NCC3CCCC3)c(C)c2)n1. The molecule has 3 amide bonds. The highest BCUT2D eigenvalue weighted by Crippen LogP contribution is 2.32. The fourth-order valence-corrected chi connectivity index (χ4v) is 5.10. The van der Waals surface area contributed by atoms with Gasteiger partial charge in [0.1, 0.15) is 0 Å². The summed E-state index contributed by atoms with van der Waals surface area (Å²) in [5.41, 5.74) is 2.74. The van der Waals surface area contributed by atoms with Crippen LogP contribution in [-0.4, -0.2) is 30.0 Å². The number of benzene rings is 1. The first-order valence-corrected chi connectivity index (χ1v) is 11.2.